The largest absolute Gasteiger partial charge is 1.00 e. The normalized spacial score (nSPS) is 16.7. The van der Waals surface area contributed by atoms with Gasteiger partial charge in [0.25, 0.3) is 0 Å². The smallest absolute Gasteiger partial charge is 0.550 e. The molecule has 0 spiro atoms. The molecule has 0 amide bonds. The Labute approximate surface area is 239 Å². The summed E-state index contributed by atoms with van der Waals surface area (Å²) in [6.07, 6.45) is 6.49. The summed E-state index contributed by atoms with van der Waals surface area (Å²) < 4.78 is 15.4. The average Bonchev–Trinajstić information content (AvgIpc) is 3.22. The Morgan fingerprint density at radius 3 is 2.59 bits per heavy atom. The van der Waals surface area contributed by atoms with Crippen molar-refractivity contribution in [2.75, 3.05) is 0 Å². The number of aliphatic hydroxyl groups excluding tert-OH is 2. The van der Waals surface area contributed by atoms with Crippen LogP contribution in [0.25, 0.3) is 11.8 Å². The number of aliphatic carboxylic acids is 1. The van der Waals surface area contributed by atoms with Crippen molar-refractivity contribution in [1.29, 1.82) is 0 Å². The van der Waals surface area contributed by atoms with Crippen LogP contribution in [0, 0.1) is 5.82 Å². The van der Waals surface area contributed by atoms with Gasteiger partial charge in [-0.25, -0.2) is 9.07 Å². The molecule has 0 saturated carbocycles. The zero-order valence-corrected chi connectivity index (χ0v) is 23.2. The molecule has 37 heavy (non-hydrogen) atoms. The SMILES string of the molecule is O=C([O-])C[C@@H](O)C[C@@H](O)/C=C/c1c2c(nn1-c1ccc(F)cc1)C(CCCc1ccccc1)CCC2.[Na+]. The van der Waals surface area contributed by atoms with Crippen LogP contribution in [-0.2, 0) is 17.6 Å². The summed E-state index contributed by atoms with van der Waals surface area (Å²) in [7, 11) is 0. The minimum absolute atomic E-state index is 0. The van der Waals surface area contributed by atoms with E-state index in [-0.39, 0.29) is 41.8 Å². The summed E-state index contributed by atoms with van der Waals surface area (Å²) in [6, 6.07) is 16.6. The number of carboxylic acids is 1. The van der Waals surface area contributed by atoms with E-state index < -0.39 is 24.6 Å². The van der Waals surface area contributed by atoms with Crippen LogP contribution < -0.4 is 34.7 Å². The van der Waals surface area contributed by atoms with E-state index in [9.17, 15) is 24.5 Å². The van der Waals surface area contributed by atoms with Crippen LogP contribution in [0.4, 0.5) is 4.39 Å². The number of aromatic nitrogens is 2. The van der Waals surface area contributed by atoms with Crippen LogP contribution in [0.15, 0.2) is 60.7 Å². The van der Waals surface area contributed by atoms with Crippen LogP contribution in [0.1, 0.15) is 67.0 Å². The van der Waals surface area contributed by atoms with E-state index in [0.717, 1.165) is 61.2 Å². The molecular formula is C29H32FN2NaO4. The number of rotatable bonds is 11. The molecule has 1 aromatic heterocycles. The number of aliphatic hydroxyl groups is 2. The van der Waals surface area contributed by atoms with Gasteiger partial charge in [-0.1, -0.05) is 36.4 Å². The maximum Gasteiger partial charge on any atom is 1.00 e. The number of aryl methyl sites for hydroxylation is 1. The van der Waals surface area contributed by atoms with Crippen LogP contribution in [0.2, 0.25) is 0 Å². The maximum atomic E-state index is 13.6. The fourth-order valence-electron chi connectivity index (χ4n) is 4.99. The monoisotopic (exact) mass is 514 g/mol. The Morgan fingerprint density at radius 1 is 1.16 bits per heavy atom. The van der Waals surface area contributed by atoms with Crippen LogP contribution in [-0.4, -0.2) is 38.2 Å². The fourth-order valence-corrected chi connectivity index (χ4v) is 4.99. The van der Waals surface area contributed by atoms with E-state index in [1.807, 2.05) is 6.07 Å². The second-order valence-corrected chi connectivity index (χ2v) is 9.50. The van der Waals surface area contributed by atoms with Gasteiger partial charge in [-0.2, -0.15) is 5.10 Å². The first kappa shape index (κ1) is 29.3. The Kier molecular flexibility index (Phi) is 11.1. The van der Waals surface area contributed by atoms with E-state index in [4.69, 9.17) is 5.10 Å². The molecule has 190 valence electrons. The van der Waals surface area contributed by atoms with Crippen LogP contribution >= 0.6 is 0 Å². The molecule has 3 aromatic rings. The third kappa shape index (κ3) is 8.09. The van der Waals surface area contributed by atoms with Crippen LogP contribution in [0.5, 0.6) is 0 Å². The number of carboxylic acid groups (broad SMARTS) is 1. The van der Waals surface area contributed by atoms with Gasteiger partial charge in [-0.15, -0.1) is 0 Å². The second-order valence-electron chi connectivity index (χ2n) is 9.50. The molecule has 1 heterocycles. The van der Waals surface area contributed by atoms with E-state index in [1.165, 1.54) is 17.7 Å². The predicted molar refractivity (Wildman–Crippen MR) is 134 cm³/mol. The molecule has 0 radical (unpaired) electrons. The van der Waals surface area contributed by atoms with Gasteiger partial charge in [0.2, 0.25) is 0 Å². The van der Waals surface area contributed by atoms with Crippen molar-refractivity contribution in [2.45, 2.75) is 69.5 Å². The number of hydrogen-bond donors (Lipinski definition) is 2. The number of fused-ring (bicyclic) bond motifs is 1. The third-order valence-electron chi connectivity index (χ3n) is 6.74. The standard InChI is InChI=1S/C29H33FN2O4.Na/c30-22-12-14-23(15-13-22)32-27(17-16-24(33)18-25(34)19-28(35)36)26-11-5-10-21(29(26)31-32)9-4-8-20-6-2-1-3-7-20;/h1-3,6-7,12-17,21,24-25,33-34H,4-5,8-11,18-19H2,(H,35,36);/q;+1/p-1/b17-16+;/t21?,24-,25-;/m0./s1. The number of carbonyl (C=O) groups is 1. The van der Waals surface area contributed by atoms with Gasteiger partial charge in [0.05, 0.1) is 29.3 Å². The molecule has 2 N–H and O–H groups in total. The Balaban J connectivity index is 0.00000380. The van der Waals surface area contributed by atoms with Gasteiger partial charge >= 0.3 is 29.6 Å². The zero-order chi connectivity index (χ0) is 25.5. The molecule has 1 unspecified atom stereocenters. The number of benzene rings is 2. The van der Waals surface area contributed by atoms with E-state index in [1.54, 1.807) is 29.0 Å². The quantitative estimate of drug-likeness (QED) is 0.368. The topological polar surface area (TPSA) is 98.4 Å². The number of carbonyl (C=O) groups excluding carboxylic acids is 1. The zero-order valence-electron chi connectivity index (χ0n) is 21.2. The molecule has 0 aliphatic heterocycles. The Bertz CT molecular complexity index is 1180. The van der Waals surface area contributed by atoms with E-state index in [2.05, 4.69) is 24.3 Å². The average molecular weight is 515 g/mol. The molecule has 8 heteroatoms. The van der Waals surface area contributed by atoms with E-state index in [0.29, 0.717) is 5.92 Å². The Hall–Kier alpha value is -2.29. The second kappa shape index (κ2) is 14.0. The van der Waals surface area contributed by atoms with Crippen molar-refractivity contribution in [3.05, 3.63) is 89.0 Å². The molecule has 0 fully saturated rings. The summed E-state index contributed by atoms with van der Waals surface area (Å²) >= 11 is 0. The maximum absolute atomic E-state index is 13.6. The van der Waals surface area contributed by atoms with Gasteiger partial charge in [0.15, 0.2) is 0 Å². The summed E-state index contributed by atoms with van der Waals surface area (Å²) in [5.74, 6) is -1.37. The molecule has 2 aromatic carbocycles. The molecule has 4 rings (SSSR count). The third-order valence-corrected chi connectivity index (χ3v) is 6.74. The van der Waals surface area contributed by atoms with Crippen molar-refractivity contribution >= 4 is 12.0 Å². The van der Waals surface area contributed by atoms with Crippen molar-refractivity contribution in [3.63, 3.8) is 0 Å². The Morgan fingerprint density at radius 2 is 1.89 bits per heavy atom. The summed E-state index contributed by atoms with van der Waals surface area (Å²) in [5.41, 5.74) is 5.03. The van der Waals surface area contributed by atoms with Gasteiger partial charge in [0.1, 0.15) is 5.82 Å². The molecule has 1 aliphatic carbocycles. The number of halogens is 1. The molecule has 1 aliphatic rings. The van der Waals surface area contributed by atoms with Gasteiger partial charge < -0.3 is 20.1 Å². The van der Waals surface area contributed by atoms with Crippen molar-refractivity contribution < 1.29 is 54.1 Å². The van der Waals surface area contributed by atoms with E-state index >= 15 is 0 Å². The molecule has 3 atom stereocenters. The fraction of sp³-hybridized carbons (Fsp3) is 0.379. The predicted octanol–water partition coefficient (Wildman–Crippen LogP) is 0.723. The summed E-state index contributed by atoms with van der Waals surface area (Å²) in [4.78, 5) is 10.7. The van der Waals surface area contributed by atoms with Crippen molar-refractivity contribution in [1.82, 2.24) is 9.78 Å². The molecule has 0 bridgehead atoms. The first-order valence-corrected chi connectivity index (χ1v) is 12.6. The van der Waals surface area contributed by atoms with Crippen LogP contribution in [0.3, 0.4) is 0 Å². The number of nitrogens with zero attached hydrogens (tertiary/aromatic N) is 2. The number of hydrogen-bond acceptors (Lipinski definition) is 5. The molecule has 0 saturated heterocycles. The van der Waals surface area contributed by atoms with Crippen molar-refractivity contribution in [3.8, 4) is 5.69 Å². The van der Waals surface area contributed by atoms with Gasteiger partial charge in [-0.05, 0) is 74.4 Å². The van der Waals surface area contributed by atoms with Gasteiger partial charge in [0, 0.05) is 30.3 Å². The van der Waals surface area contributed by atoms with Gasteiger partial charge in [-0.3, -0.25) is 0 Å². The first-order chi connectivity index (χ1) is 17.4. The minimum Gasteiger partial charge on any atom is -0.550 e. The molecule has 6 nitrogen and oxygen atoms in total. The van der Waals surface area contributed by atoms with Crippen molar-refractivity contribution in [2.24, 2.45) is 0 Å². The minimum atomic E-state index is -1.36. The summed E-state index contributed by atoms with van der Waals surface area (Å²) in [6.45, 7) is 0. The molecular weight excluding hydrogens is 482 g/mol. The summed E-state index contributed by atoms with van der Waals surface area (Å²) in [5, 5.41) is 35.9. The first-order valence-electron chi connectivity index (χ1n) is 12.6.